The Hall–Kier alpha value is -3.23. The Morgan fingerprint density at radius 2 is 1.85 bits per heavy atom. The molecule has 3 heterocycles. The van der Waals surface area contributed by atoms with Crippen molar-refractivity contribution < 1.29 is 9.13 Å². The third-order valence-corrected chi connectivity index (χ3v) is 7.30. The van der Waals surface area contributed by atoms with Crippen LogP contribution in [0.4, 0.5) is 4.39 Å². The second-order valence-corrected chi connectivity index (χ2v) is 9.24. The molecule has 0 amide bonds. The first-order chi connectivity index (χ1) is 16.1. The first-order valence-corrected chi connectivity index (χ1v) is 11.8. The fraction of sp³-hybridized carbons (Fsp3) is 0.280. The lowest BCUT2D eigenvalue weighted by Crippen LogP contribution is -2.45. The van der Waals surface area contributed by atoms with E-state index in [2.05, 4.69) is 5.32 Å². The predicted molar refractivity (Wildman–Crippen MR) is 129 cm³/mol. The lowest BCUT2D eigenvalue weighted by atomic mass is 10.1. The van der Waals surface area contributed by atoms with Gasteiger partial charge in [-0.3, -0.25) is 13.9 Å². The normalized spacial score (nSPS) is 14.6. The summed E-state index contributed by atoms with van der Waals surface area (Å²) in [5, 5.41) is 3.28. The van der Waals surface area contributed by atoms with Gasteiger partial charge in [-0.25, -0.2) is 9.18 Å². The molecule has 5 rings (SSSR count). The molecular formula is C25H24FN3O3S. The minimum atomic E-state index is -0.485. The van der Waals surface area contributed by atoms with E-state index in [9.17, 15) is 14.0 Å². The summed E-state index contributed by atoms with van der Waals surface area (Å²) in [6.45, 7) is 1.68. The molecule has 0 radical (unpaired) electrons. The van der Waals surface area contributed by atoms with E-state index in [-0.39, 0.29) is 29.6 Å². The maximum Gasteiger partial charge on any atom is 0.332 e. The molecule has 2 aromatic carbocycles. The Bertz CT molecular complexity index is 1420. The minimum absolute atomic E-state index is 0.151. The van der Waals surface area contributed by atoms with Crippen LogP contribution in [0.25, 0.3) is 20.7 Å². The zero-order chi connectivity index (χ0) is 22.9. The summed E-state index contributed by atoms with van der Waals surface area (Å²) in [5.74, 6) is -0.334. The SMILES string of the molecule is COc1ccc(Cn2c(=O)n(C3CCNCC3)c(=O)c3sc(-c4ccccc4)cc32)cc1F. The monoisotopic (exact) mass is 465 g/mol. The molecule has 0 spiro atoms. The predicted octanol–water partition coefficient (Wildman–Crippen LogP) is 4.01. The molecule has 1 saturated heterocycles. The summed E-state index contributed by atoms with van der Waals surface area (Å²) < 4.78 is 22.9. The van der Waals surface area contributed by atoms with Gasteiger partial charge >= 0.3 is 5.69 Å². The molecule has 1 N–H and O–H groups in total. The van der Waals surface area contributed by atoms with Gasteiger partial charge in [-0.15, -0.1) is 11.3 Å². The summed E-state index contributed by atoms with van der Waals surface area (Å²) in [5.41, 5.74) is 1.59. The number of piperidine rings is 1. The number of thiophene rings is 1. The lowest BCUT2D eigenvalue weighted by Gasteiger charge is -2.25. The topological polar surface area (TPSA) is 65.3 Å². The van der Waals surface area contributed by atoms with Crippen molar-refractivity contribution in [1.82, 2.24) is 14.5 Å². The van der Waals surface area contributed by atoms with E-state index >= 15 is 0 Å². The number of nitrogens with one attached hydrogen (secondary N) is 1. The van der Waals surface area contributed by atoms with Crippen LogP contribution in [-0.4, -0.2) is 29.3 Å². The number of rotatable bonds is 5. The van der Waals surface area contributed by atoms with Gasteiger partial charge in [0.05, 0.1) is 19.2 Å². The Kier molecular flexibility index (Phi) is 5.86. The van der Waals surface area contributed by atoms with Crippen LogP contribution in [0, 0.1) is 5.82 Å². The molecule has 1 aliphatic heterocycles. The van der Waals surface area contributed by atoms with Crippen molar-refractivity contribution in [3.05, 3.63) is 86.8 Å². The highest BCUT2D eigenvalue weighted by Crippen LogP contribution is 2.32. The van der Waals surface area contributed by atoms with Crippen molar-refractivity contribution in [2.45, 2.75) is 25.4 Å². The number of methoxy groups -OCH3 is 1. The largest absolute Gasteiger partial charge is 0.494 e. The number of fused-ring (bicyclic) bond motifs is 1. The van der Waals surface area contributed by atoms with Crippen molar-refractivity contribution in [3.8, 4) is 16.2 Å². The second kappa shape index (κ2) is 8.96. The Labute approximate surface area is 193 Å². The number of hydrogen-bond donors (Lipinski definition) is 1. The van der Waals surface area contributed by atoms with Gasteiger partial charge in [0.25, 0.3) is 5.56 Å². The van der Waals surface area contributed by atoms with Gasteiger partial charge in [0, 0.05) is 10.9 Å². The highest BCUT2D eigenvalue weighted by atomic mass is 32.1. The van der Waals surface area contributed by atoms with Crippen molar-refractivity contribution in [2.75, 3.05) is 20.2 Å². The van der Waals surface area contributed by atoms with Crippen LogP contribution in [0.15, 0.2) is 64.2 Å². The molecule has 1 aliphatic rings. The van der Waals surface area contributed by atoms with Crippen LogP contribution in [0.2, 0.25) is 0 Å². The zero-order valence-electron chi connectivity index (χ0n) is 18.2. The van der Waals surface area contributed by atoms with E-state index in [1.807, 2.05) is 36.4 Å². The molecule has 0 aliphatic carbocycles. The summed E-state index contributed by atoms with van der Waals surface area (Å²) in [7, 11) is 1.41. The molecule has 0 bridgehead atoms. The van der Waals surface area contributed by atoms with Gasteiger partial charge < -0.3 is 10.1 Å². The Balaban J connectivity index is 1.71. The standard InChI is InChI=1S/C25H24FN3O3S/c1-32-21-8-7-16(13-19(21)26)15-28-20-14-22(17-5-3-2-4-6-17)33-23(20)24(30)29(25(28)31)18-9-11-27-12-10-18/h2-8,13-14,18,27H,9-12,15H2,1H3. The number of ether oxygens (including phenoxy) is 1. The fourth-order valence-corrected chi connectivity index (χ4v) is 5.54. The summed E-state index contributed by atoms with van der Waals surface area (Å²) in [6, 6.07) is 16.2. The van der Waals surface area contributed by atoms with E-state index in [0.29, 0.717) is 28.6 Å². The van der Waals surface area contributed by atoms with Crippen molar-refractivity contribution >= 4 is 21.6 Å². The highest BCUT2D eigenvalue weighted by Gasteiger charge is 2.24. The number of hydrogen-bond acceptors (Lipinski definition) is 5. The summed E-state index contributed by atoms with van der Waals surface area (Å²) in [6.07, 6.45) is 1.43. The smallest absolute Gasteiger partial charge is 0.332 e. The van der Waals surface area contributed by atoms with E-state index < -0.39 is 5.82 Å². The number of halogens is 1. The minimum Gasteiger partial charge on any atom is -0.494 e. The Morgan fingerprint density at radius 3 is 2.55 bits per heavy atom. The molecule has 4 aromatic rings. The third-order valence-electron chi connectivity index (χ3n) is 6.14. The van der Waals surface area contributed by atoms with E-state index in [0.717, 1.165) is 23.5 Å². The maximum atomic E-state index is 14.4. The quantitative estimate of drug-likeness (QED) is 0.484. The summed E-state index contributed by atoms with van der Waals surface area (Å²) in [4.78, 5) is 28.1. The maximum absolute atomic E-state index is 14.4. The van der Waals surface area contributed by atoms with Gasteiger partial charge in [0.1, 0.15) is 4.70 Å². The van der Waals surface area contributed by atoms with Crippen LogP contribution in [0.1, 0.15) is 24.4 Å². The molecule has 2 aromatic heterocycles. The average molecular weight is 466 g/mol. The van der Waals surface area contributed by atoms with Gasteiger partial charge in [0.15, 0.2) is 11.6 Å². The van der Waals surface area contributed by atoms with Crippen molar-refractivity contribution in [1.29, 1.82) is 0 Å². The first kappa shape index (κ1) is 21.6. The molecule has 170 valence electrons. The molecule has 0 atom stereocenters. The average Bonchev–Trinajstić information content (AvgIpc) is 3.29. The molecule has 33 heavy (non-hydrogen) atoms. The molecular weight excluding hydrogens is 441 g/mol. The van der Waals surface area contributed by atoms with Gasteiger partial charge in [-0.1, -0.05) is 36.4 Å². The molecule has 8 heteroatoms. The van der Waals surface area contributed by atoms with Crippen molar-refractivity contribution in [3.63, 3.8) is 0 Å². The number of aromatic nitrogens is 2. The Morgan fingerprint density at radius 1 is 1.09 bits per heavy atom. The van der Waals surface area contributed by atoms with E-state index in [4.69, 9.17) is 4.74 Å². The lowest BCUT2D eigenvalue weighted by molar-refractivity contribution is 0.346. The molecule has 6 nitrogen and oxygen atoms in total. The number of benzene rings is 2. The summed E-state index contributed by atoms with van der Waals surface area (Å²) >= 11 is 1.40. The van der Waals surface area contributed by atoms with Crippen molar-refractivity contribution in [2.24, 2.45) is 0 Å². The molecule has 0 unspecified atom stereocenters. The van der Waals surface area contributed by atoms with Crippen LogP contribution in [-0.2, 0) is 6.54 Å². The van der Waals surface area contributed by atoms with Gasteiger partial charge in [-0.2, -0.15) is 0 Å². The van der Waals surface area contributed by atoms with Crippen LogP contribution < -0.4 is 21.3 Å². The fourth-order valence-electron chi connectivity index (χ4n) is 4.44. The second-order valence-electron chi connectivity index (χ2n) is 8.18. The van der Waals surface area contributed by atoms with Crippen LogP contribution in [0.5, 0.6) is 5.75 Å². The molecule has 0 saturated carbocycles. The molecule has 1 fully saturated rings. The van der Waals surface area contributed by atoms with Gasteiger partial charge in [0.2, 0.25) is 0 Å². The highest BCUT2D eigenvalue weighted by molar-refractivity contribution is 7.22. The van der Waals surface area contributed by atoms with E-state index in [1.165, 1.54) is 29.1 Å². The third kappa shape index (κ3) is 4.00. The van der Waals surface area contributed by atoms with Gasteiger partial charge in [-0.05, 0) is 55.3 Å². The van der Waals surface area contributed by atoms with E-state index in [1.54, 1.807) is 16.7 Å². The first-order valence-electron chi connectivity index (χ1n) is 10.9. The zero-order valence-corrected chi connectivity index (χ0v) is 19.0. The van der Waals surface area contributed by atoms with Crippen LogP contribution >= 0.6 is 11.3 Å². The van der Waals surface area contributed by atoms with Crippen LogP contribution in [0.3, 0.4) is 0 Å². The number of nitrogens with zero attached hydrogens (tertiary/aromatic N) is 2.